The first-order valence-electron chi connectivity index (χ1n) is 7.53. The smallest absolute Gasteiger partial charge is 0.405 e. The molecule has 0 aliphatic rings. The quantitative estimate of drug-likeness (QED) is 0.717. The fourth-order valence-corrected chi connectivity index (χ4v) is 2.67. The second kappa shape index (κ2) is 6.50. The van der Waals surface area contributed by atoms with E-state index in [-0.39, 0.29) is 11.8 Å². The minimum absolute atomic E-state index is 0.0720. The number of nitrogens with zero attached hydrogens (tertiary/aromatic N) is 1. The van der Waals surface area contributed by atoms with E-state index >= 15 is 0 Å². The number of amides is 1. The van der Waals surface area contributed by atoms with Crippen LogP contribution in [0.2, 0.25) is 0 Å². The van der Waals surface area contributed by atoms with E-state index in [1.165, 1.54) is 0 Å². The maximum absolute atomic E-state index is 12.8. The summed E-state index contributed by atoms with van der Waals surface area (Å²) in [7, 11) is 0. The summed E-state index contributed by atoms with van der Waals surface area (Å²) in [6.07, 6.45) is 2.32. The Labute approximate surface area is 139 Å². The number of fused-ring (bicyclic) bond motifs is 1. The zero-order chi connectivity index (χ0) is 17.1. The van der Waals surface area contributed by atoms with Gasteiger partial charge < -0.3 is 10.4 Å². The molecule has 5 heteroatoms. The fourth-order valence-electron chi connectivity index (χ4n) is 2.67. The second-order valence-electron chi connectivity index (χ2n) is 5.52. The summed E-state index contributed by atoms with van der Waals surface area (Å²) in [6, 6.07) is 14.0. The third kappa shape index (κ3) is 3.10. The summed E-state index contributed by atoms with van der Waals surface area (Å²) < 4.78 is 0. The molecule has 1 heterocycles. The van der Waals surface area contributed by atoms with Crippen molar-refractivity contribution in [1.29, 1.82) is 0 Å². The number of ketones is 1. The molecule has 1 unspecified atom stereocenters. The predicted molar refractivity (Wildman–Crippen MR) is 91.2 cm³/mol. The van der Waals surface area contributed by atoms with Gasteiger partial charge in [0.25, 0.3) is 0 Å². The van der Waals surface area contributed by atoms with Crippen molar-refractivity contribution in [3.05, 3.63) is 77.6 Å². The van der Waals surface area contributed by atoms with Crippen molar-refractivity contribution < 1.29 is 14.7 Å². The number of rotatable bonds is 4. The first kappa shape index (κ1) is 15.7. The van der Waals surface area contributed by atoms with Crippen LogP contribution >= 0.6 is 0 Å². The second-order valence-corrected chi connectivity index (χ2v) is 5.52. The van der Waals surface area contributed by atoms with Gasteiger partial charge in [0.2, 0.25) is 0 Å². The van der Waals surface area contributed by atoms with Crippen molar-refractivity contribution in [2.45, 2.75) is 13.0 Å². The van der Waals surface area contributed by atoms with E-state index in [4.69, 9.17) is 5.11 Å². The highest BCUT2D eigenvalue weighted by Gasteiger charge is 2.14. The first-order chi connectivity index (χ1) is 11.6. The molecule has 1 atom stereocenters. The Hall–Kier alpha value is -3.21. The Bertz CT molecular complexity index is 899. The molecule has 2 N–H and O–H groups in total. The molecule has 3 rings (SSSR count). The monoisotopic (exact) mass is 320 g/mol. The molecule has 0 aliphatic heterocycles. The van der Waals surface area contributed by atoms with Gasteiger partial charge in [-0.25, -0.2) is 4.79 Å². The first-order valence-corrected chi connectivity index (χ1v) is 7.53. The maximum Gasteiger partial charge on any atom is 0.405 e. The molecule has 5 nitrogen and oxygen atoms in total. The van der Waals surface area contributed by atoms with E-state index < -0.39 is 6.09 Å². The van der Waals surface area contributed by atoms with E-state index in [9.17, 15) is 9.59 Å². The van der Waals surface area contributed by atoms with Crippen LogP contribution in [0.15, 0.2) is 60.9 Å². The van der Waals surface area contributed by atoms with Crippen LogP contribution in [0.5, 0.6) is 0 Å². The van der Waals surface area contributed by atoms with Gasteiger partial charge in [-0.2, -0.15) is 0 Å². The van der Waals surface area contributed by atoms with Crippen LogP contribution < -0.4 is 5.32 Å². The summed E-state index contributed by atoms with van der Waals surface area (Å²) in [5, 5.41) is 12.9. The van der Waals surface area contributed by atoms with E-state index in [1.807, 2.05) is 18.2 Å². The topological polar surface area (TPSA) is 79.3 Å². The number of hydrogen-bond donors (Lipinski definition) is 2. The average Bonchev–Trinajstić information content (AvgIpc) is 2.60. The van der Waals surface area contributed by atoms with Crippen LogP contribution in [0.4, 0.5) is 4.79 Å². The molecule has 0 aliphatic carbocycles. The number of benzene rings is 2. The van der Waals surface area contributed by atoms with E-state index in [1.54, 1.807) is 49.6 Å². The predicted octanol–water partition coefficient (Wildman–Crippen LogP) is 3.79. The third-order valence-electron chi connectivity index (χ3n) is 3.94. The standard InChI is InChI=1S/C19H16N2O3/c1-12(21-19(23)24)13-5-7-14(8-6-13)18(22)17-4-2-3-15-11-20-10-9-16(15)17/h2-12,21H,1H3,(H,23,24). The van der Waals surface area contributed by atoms with Crippen LogP contribution in [-0.4, -0.2) is 22.0 Å². The molecular formula is C19H16N2O3. The zero-order valence-electron chi connectivity index (χ0n) is 13.1. The number of carbonyl (C=O) groups is 2. The lowest BCUT2D eigenvalue weighted by molar-refractivity contribution is 0.104. The van der Waals surface area contributed by atoms with Crippen molar-refractivity contribution in [1.82, 2.24) is 10.3 Å². The molecule has 0 radical (unpaired) electrons. The highest BCUT2D eigenvalue weighted by atomic mass is 16.4. The summed E-state index contributed by atoms with van der Waals surface area (Å²) in [5.41, 5.74) is 1.99. The van der Waals surface area contributed by atoms with E-state index in [0.29, 0.717) is 11.1 Å². The highest BCUT2D eigenvalue weighted by molar-refractivity contribution is 6.16. The summed E-state index contributed by atoms with van der Waals surface area (Å²) in [5.74, 6) is -0.0720. The van der Waals surface area contributed by atoms with E-state index in [0.717, 1.165) is 16.3 Å². The van der Waals surface area contributed by atoms with Crippen LogP contribution in [0.25, 0.3) is 10.8 Å². The lowest BCUT2D eigenvalue weighted by Gasteiger charge is -2.12. The van der Waals surface area contributed by atoms with Gasteiger partial charge >= 0.3 is 6.09 Å². The van der Waals surface area contributed by atoms with Crippen LogP contribution in [0.1, 0.15) is 34.5 Å². The largest absolute Gasteiger partial charge is 0.465 e. The molecular weight excluding hydrogens is 304 g/mol. The van der Waals surface area contributed by atoms with Gasteiger partial charge in [0.15, 0.2) is 5.78 Å². The molecule has 120 valence electrons. The minimum Gasteiger partial charge on any atom is -0.465 e. The Kier molecular flexibility index (Phi) is 4.24. The van der Waals surface area contributed by atoms with Gasteiger partial charge in [-0.05, 0) is 23.9 Å². The SMILES string of the molecule is CC(NC(=O)O)c1ccc(C(=O)c2cccc3cnccc23)cc1. The molecule has 0 saturated heterocycles. The molecule has 1 aromatic heterocycles. The van der Waals surface area contributed by atoms with E-state index in [2.05, 4.69) is 10.3 Å². The van der Waals surface area contributed by atoms with Gasteiger partial charge in [0.05, 0.1) is 6.04 Å². The third-order valence-corrected chi connectivity index (χ3v) is 3.94. The summed E-state index contributed by atoms with van der Waals surface area (Å²) >= 11 is 0. The number of hydrogen-bond acceptors (Lipinski definition) is 3. The van der Waals surface area contributed by atoms with Gasteiger partial charge in [-0.1, -0.05) is 42.5 Å². The summed E-state index contributed by atoms with van der Waals surface area (Å²) in [6.45, 7) is 1.75. The molecule has 3 aromatic rings. The number of carbonyl (C=O) groups excluding carboxylic acids is 1. The van der Waals surface area contributed by atoms with Crippen molar-refractivity contribution in [2.24, 2.45) is 0 Å². The summed E-state index contributed by atoms with van der Waals surface area (Å²) in [4.78, 5) is 27.6. The van der Waals surface area contributed by atoms with Crippen molar-refractivity contribution >= 4 is 22.6 Å². The van der Waals surface area contributed by atoms with Gasteiger partial charge in [0.1, 0.15) is 0 Å². The van der Waals surface area contributed by atoms with Gasteiger partial charge in [-0.3, -0.25) is 9.78 Å². The average molecular weight is 320 g/mol. The molecule has 1 amide bonds. The highest BCUT2D eigenvalue weighted by Crippen LogP contribution is 2.21. The van der Waals surface area contributed by atoms with Crippen LogP contribution in [0, 0.1) is 0 Å². The minimum atomic E-state index is -1.08. The molecule has 0 bridgehead atoms. The van der Waals surface area contributed by atoms with Gasteiger partial charge in [0, 0.05) is 28.9 Å². The number of aromatic nitrogens is 1. The molecule has 2 aromatic carbocycles. The zero-order valence-corrected chi connectivity index (χ0v) is 13.1. The fraction of sp³-hybridized carbons (Fsp3) is 0.105. The maximum atomic E-state index is 12.8. The van der Waals surface area contributed by atoms with Gasteiger partial charge in [-0.15, -0.1) is 0 Å². The Morgan fingerprint density at radius 1 is 1.08 bits per heavy atom. The van der Waals surface area contributed by atoms with Crippen molar-refractivity contribution in [3.63, 3.8) is 0 Å². The van der Waals surface area contributed by atoms with Crippen molar-refractivity contribution in [2.75, 3.05) is 0 Å². The van der Waals surface area contributed by atoms with Crippen LogP contribution in [-0.2, 0) is 0 Å². The van der Waals surface area contributed by atoms with Crippen molar-refractivity contribution in [3.8, 4) is 0 Å². The van der Waals surface area contributed by atoms with Crippen LogP contribution in [0.3, 0.4) is 0 Å². The lowest BCUT2D eigenvalue weighted by atomic mass is 9.97. The molecule has 0 fully saturated rings. The molecule has 0 spiro atoms. The normalized spacial score (nSPS) is 11.9. The number of pyridine rings is 1. The Morgan fingerprint density at radius 2 is 1.83 bits per heavy atom. The Balaban J connectivity index is 1.91. The number of nitrogens with one attached hydrogen (secondary N) is 1. The molecule has 0 saturated carbocycles. The lowest BCUT2D eigenvalue weighted by Crippen LogP contribution is -2.24. The number of carboxylic acid groups (broad SMARTS) is 1. The molecule has 24 heavy (non-hydrogen) atoms. The Morgan fingerprint density at radius 3 is 2.54 bits per heavy atom.